The number of aromatic amines is 1. The molecule has 1 aliphatic heterocycles. The summed E-state index contributed by atoms with van der Waals surface area (Å²) in [6, 6.07) is 6.80. The first-order valence-electron chi connectivity index (χ1n) is 7.90. The average Bonchev–Trinajstić information content (AvgIpc) is 2.70. The van der Waals surface area contributed by atoms with Gasteiger partial charge in [0.05, 0.1) is 16.6 Å². The number of para-hydroxylation sites is 1. The maximum atomic E-state index is 12.3. The molecule has 1 fully saturated rings. The first-order chi connectivity index (χ1) is 11.4. The Kier molecular flexibility index (Phi) is 4.89. The van der Waals surface area contributed by atoms with Gasteiger partial charge in [0.1, 0.15) is 0 Å². The lowest BCUT2D eigenvalue weighted by Crippen LogP contribution is -2.36. The summed E-state index contributed by atoms with van der Waals surface area (Å²) in [5.74, 6) is -0.0400. The number of aliphatic hydroxyl groups excluding tert-OH is 1. The Morgan fingerprint density at radius 2 is 2.17 bits per heavy atom. The molecule has 1 amide bonds. The minimum absolute atomic E-state index is 0.0400. The number of aromatic nitrogens is 1. The third kappa shape index (κ3) is 3.61. The predicted molar refractivity (Wildman–Crippen MR) is 93.1 cm³/mol. The van der Waals surface area contributed by atoms with Crippen molar-refractivity contribution in [2.75, 3.05) is 26.2 Å². The Bertz CT molecular complexity index is 820. The van der Waals surface area contributed by atoms with Gasteiger partial charge in [0.25, 0.3) is 0 Å². The van der Waals surface area contributed by atoms with Crippen LogP contribution in [0.4, 0.5) is 0 Å². The van der Waals surface area contributed by atoms with Gasteiger partial charge in [0.2, 0.25) is 5.91 Å². The number of hydrogen-bond acceptors (Lipinski definition) is 4. The molecule has 1 atom stereocenters. The lowest BCUT2D eigenvalue weighted by atomic mass is 10.2. The van der Waals surface area contributed by atoms with Crippen molar-refractivity contribution in [2.24, 2.45) is 0 Å². The lowest BCUT2D eigenvalue weighted by molar-refractivity contribution is -0.129. The van der Waals surface area contributed by atoms with E-state index in [1.54, 1.807) is 29.2 Å². The summed E-state index contributed by atoms with van der Waals surface area (Å²) in [5, 5.41) is 11.2. The Hall–Kier alpha value is -1.89. The number of halogens is 1. The molecule has 0 bridgehead atoms. The highest BCUT2D eigenvalue weighted by Crippen LogP contribution is 2.19. The van der Waals surface area contributed by atoms with Crippen LogP contribution in [-0.4, -0.2) is 58.1 Å². The van der Waals surface area contributed by atoms with E-state index in [1.807, 2.05) is 4.90 Å². The van der Waals surface area contributed by atoms with Crippen molar-refractivity contribution in [2.45, 2.75) is 19.6 Å². The number of hydrogen-bond donors (Lipinski definition) is 2. The van der Waals surface area contributed by atoms with E-state index in [0.29, 0.717) is 48.6 Å². The molecule has 7 heteroatoms. The van der Waals surface area contributed by atoms with E-state index >= 15 is 0 Å². The number of carbonyl (C=O) groups is 1. The van der Waals surface area contributed by atoms with Crippen LogP contribution in [-0.2, 0) is 11.3 Å². The van der Waals surface area contributed by atoms with Crippen molar-refractivity contribution in [3.63, 3.8) is 0 Å². The molecule has 24 heavy (non-hydrogen) atoms. The molecule has 2 N–H and O–H groups in total. The van der Waals surface area contributed by atoms with Gasteiger partial charge < -0.3 is 15.0 Å². The Morgan fingerprint density at radius 1 is 1.38 bits per heavy atom. The van der Waals surface area contributed by atoms with Gasteiger partial charge in [0.15, 0.2) is 5.43 Å². The monoisotopic (exact) mass is 349 g/mol. The highest BCUT2D eigenvalue weighted by atomic mass is 35.5. The molecule has 1 aromatic carbocycles. The largest absolute Gasteiger partial charge is 0.390 e. The molecule has 0 saturated carbocycles. The molecule has 1 aliphatic rings. The smallest absolute Gasteiger partial charge is 0.219 e. The lowest BCUT2D eigenvalue weighted by Gasteiger charge is -2.21. The van der Waals surface area contributed by atoms with Gasteiger partial charge in [0, 0.05) is 56.8 Å². The maximum absolute atomic E-state index is 12.3. The molecule has 128 valence electrons. The van der Waals surface area contributed by atoms with Crippen LogP contribution < -0.4 is 5.43 Å². The summed E-state index contributed by atoms with van der Waals surface area (Å²) in [6.45, 7) is 3.98. The van der Waals surface area contributed by atoms with E-state index in [-0.39, 0.29) is 11.3 Å². The number of nitrogens with zero attached hydrogens (tertiary/aromatic N) is 2. The normalized spacial score (nSPS) is 19.5. The molecular formula is C17H20ClN3O3. The van der Waals surface area contributed by atoms with E-state index in [1.165, 1.54) is 6.92 Å². The number of aliphatic hydroxyl groups is 1. The van der Waals surface area contributed by atoms with Gasteiger partial charge in [-0.25, -0.2) is 0 Å². The van der Waals surface area contributed by atoms with Gasteiger partial charge in [-0.3, -0.25) is 14.5 Å². The van der Waals surface area contributed by atoms with Gasteiger partial charge in [-0.15, -0.1) is 0 Å². The van der Waals surface area contributed by atoms with Crippen LogP contribution in [0.5, 0.6) is 0 Å². The van der Waals surface area contributed by atoms with E-state index in [0.717, 1.165) is 5.69 Å². The maximum Gasteiger partial charge on any atom is 0.219 e. The Balaban J connectivity index is 1.83. The summed E-state index contributed by atoms with van der Waals surface area (Å²) >= 11 is 6.18. The zero-order valence-electron chi connectivity index (χ0n) is 13.5. The fourth-order valence-electron chi connectivity index (χ4n) is 3.10. The molecule has 1 saturated heterocycles. The second-order valence-electron chi connectivity index (χ2n) is 6.18. The molecule has 6 nitrogen and oxygen atoms in total. The highest BCUT2D eigenvalue weighted by molar-refractivity contribution is 6.35. The van der Waals surface area contributed by atoms with Crippen molar-refractivity contribution >= 4 is 28.4 Å². The molecule has 3 rings (SSSR count). The van der Waals surface area contributed by atoms with Crippen molar-refractivity contribution in [3.05, 3.63) is 45.2 Å². The van der Waals surface area contributed by atoms with Gasteiger partial charge in [-0.05, 0) is 12.1 Å². The van der Waals surface area contributed by atoms with Crippen LogP contribution in [0.25, 0.3) is 10.9 Å². The summed E-state index contributed by atoms with van der Waals surface area (Å²) in [5.41, 5.74) is 1.29. The number of carbonyl (C=O) groups excluding carboxylic acids is 1. The molecule has 1 aromatic heterocycles. The van der Waals surface area contributed by atoms with E-state index in [9.17, 15) is 14.7 Å². The third-order valence-electron chi connectivity index (χ3n) is 4.30. The molecule has 0 radical (unpaired) electrons. The molecule has 2 aromatic rings. The number of fused-ring (bicyclic) bond motifs is 1. The van der Waals surface area contributed by atoms with Crippen molar-refractivity contribution in [3.8, 4) is 0 Å². The van der Waals surface area contributed by atoms with Crippen molar-refractivity contribution in [1.82, 2.24) is 14.8 Å². The van der Waals surface area contributed by atoms with Crippen LogP contribution in [0, 0.1) is 0 Å². The number of H-pyrrole nitrogens is 1. The van der Waals surface area contributed by atoms with Gasteiger partial charge in [-0.2, -0.15) is 0 Å². The summed E-state index contributed by atoms with van der Waals surface area (Å²) in [4.78, 5) is 30.7. The van der Waals surface area contributed by atoms with Crippen LogP contribution in [0.2, 0.25) is 5.02 Å². The Morgan fingerprint density at radius 3 is 2.92 bits per heavy atom. The molecule has 2 heterocycles. The molecule has 1 unspecified atom stereocenters. The number of rotatable bonds is 2. The van der Waals surface area contributed by atoms with Gasteiger partial charge >= 0.3 is 0 Å². The summed E-state index contributed by atoms with van der Waals surface area (Å²) in [6.07, 6.45) is -0.604. The topological polar surface area (TPSA) is 76.6 Å². The fourth-order valence-corrected chi connectivity index (χ4v) is 3.32. The first kappa shape index (κ1) is 17.0. The summed E-state index contributed by atoms with van der Waals surface area (Å²) in [7, 11) is 0. The van der Waals surface area contributed by atoms with Crippen LogP contribution in [0.15, 0.2) is 29.1 Å². The quantitative estimate of drug-likeness (QED) is 0.854. The first-order valence-corrected chi connectivity index (χ1v) is 8.28. The van der Waals surface area contributed by atoms with E-state index < -0.39 is 6.10 Å². The van der Waals surface area contributed by atoms with Crippen molar-refractivity contribution in [1.29, 1.82) is 0 Å². The van der Waals surface area contributed by atoms with Crippen LogP contribution in [0.3, 0.4) is 0 Å². The predicted octanol–water partition coefficient (Wildman–Crippen LogP) is 1.21. The van der Waals surface area contributed by atoms with Crippen molar-refractivity contribution < 1.29 is 9.90 Å². The second kappa shape index (κ2) is 6.93. The zero-order valence-corrected chi connectivity index (χ0v) is 14.2. The van der Waals surface area contributed by atoms with Crippen LogP contribution >= 0.6 is 11.6 Å². The second-order valence-corrected chi connectivity index (χ2v) is 6.58. The highest BCUT2D eigenvalue weighted by Gasteiger charge is 2.23. The number of amides is 1. The van der Waals surface area contributed by atoms with Gasteiger partial charge in [-0.1, -0.05) is 17.7 Å². The molecule has 0 spiro atoms. The zero-order chi connectivity index (χ0) is 17.3. The average molecular weight is 350 g/mol. The molecular weight excluding hydrogens is 330 g/mol. The SMILES string of the molecule is CC(=O)N1CCN(Cc2cc(=O)c3cccc(Cl)c3[nH]2)CC(O)C1. The van der Waals surface area contributed by atoms with E-state index in [4.69, 9.17) is 11.6 Å². The molecule has 0 aliphatic carbocycles. The number of β-amino-alcohol motifs (C(OH)–C–C–N with tert-alkyl or cyclic N) is 1. The minimum Gasteiger partial charge on any atom is -0.390 e. The Labute approximate surface area is 144 Å². The summed E-state index contributed by atoms with van der Waals surface area (Å²) < 4.78 is 0. The minimum atomic E-state index is -0.604. The van der Waals surface area contributed by atoms with Crippen LogP contribution in [0.1, 0.15) is 12.6 Å². The number of nitrogens with one attached hydrogen (secondary N) is 1. The number of pyridine rings is 1. The fraction of sp³-hybridized carbons (Fsp3) is 0.412. The standard InChI is InChI=1S/C17H20ClN3O3/c1-11(22)21-6-5-20(9-13(23)10-21)8-12-7-16(24)14-3-2-4-15(18)17(14)19-12/h2-4,7,13,23H,5-6,8-10H2,1H3,(H,19,24). The number of benzene rings is 1. The third-order valence-corrected chi connectivity index (χ3v) is 4.61. The van der Waals surface area contributed by atoms with E-state index in [2.05, 4.69) is 4.98 Å².